The average molecular weight is 163 g/mol. The molecule has 0 bridgehead atoms. The van der Waals surface area contributed by atoms with Crippen LogP contribution in [-0.2, 0) is 4.74 Å². The second kappa shape index (κ2) is 4.57. The van der Waals surface area contributed by atoms with Gasteiger partial charge in [-0.05, 0) is 5.56 Å². The Bertz CT molecular complexity index is 233. The first-order chi connectivity index (χ1) is 5.84. The quantitative estimate of drug-likeness (QED) is 0.687. The lowest BCUT2D eigenvalue weighted by molar-refractivity contribution is 0.229. The molecule has 0 spiro atoms. The van der Waals surface area contributed by atoms with Crippen molar-refractivity contribution >= 4 is 0 Å². The zero-order valence-electron chi connectivity index (χ0n) is 6.94. The lowest BCUT2D eigenvalue weighted by Crippen LogP contribution is -2.15. The summed E-state index contributed by atoms with van der Waals surface area (Å²) in [6.45, 7) is 3.93. The first-order valence-corrected chi connectivity index (χ1v) is 3.87. The molecule has 0 saturated heterocycles. The van der Waals surface area contributed by atoms with Gasteiger partial charge in [0.1, 0.15) is 6.61 Å². The fourth-order valence-electron chi connectivity index (χ4n) is 0.968. The van der Waals surface area contributed by atoms with Crippen LogP contribution in [0.25, 0.3) is 0 Å². The predicted octanol–water partition coefficient (Wildman–Crippen LogP) is 1.85. The van der Waals surface area contributed by atoms with Crippen molar-refractivity contribution in [3.8, 4) is 0 Å². The molecule has 2 N–H and O–H groups in total. The van der Waals surface area contributed by atoms with Gasteiger partial charge < -0.3 is 10.5 Å². The Labute approximate surface area is 72.7 Å². The molecule has 1 aromatic carbocycles. The lowest BCUT2D eigenvalue weighted by Gasteiger charge is -2.10. The highest BCUT2D eigenvalue weighted by Crippen LogP contribution is 2.09. The normalized spacial score (nSPS) is 12.1. The number of benzene rings is 1. The van der Waals surface area contributed by atoms with Gasteiger partial charge in [0.15, 0.2) is 0 Å². The molecule has 1 rings (SSSR count). The molecule has 0 saturated carbocycles. The molecule has 0 aliphatic heterocycles. The Morgan fingerprint density at radius 2 is 2.08 bits per heavy atom. The lowest BCUT2D eigenvalue weighted by atomic mass is 10.1. The molecule has 0 radical (unpaired) electrons. The van der Waals surface area contributed by atoms with E-state index in [0.29, 0.717) is 6.61 Å². The Morgan fingerprint density at radius 1 is 1.42 bits per heavy atom. The molecule has 1 atom stereocenters. The van der Waals surface area contributed by atoms with Crippen LogP contribution in [0.1, 0.15) is 11.6 Å². The monoisotopic (exact) mass is 163 g/mol. The molecule has 2 heteroatoms. The van der Waals surface area contributed by atoms with Crippen LogP contribution in [0, 0.1) is 0 Å². The molecule has 0 aliphatic rings. The van der Waals surface area contributed by atoms with Gasteiger partial charge in [0.05, 0.1) is 12.3 Å². The minimum atomic E-state index is -0.0656. The van der Waals surface area contributed by atoms with E-state index >= 15 is 0 Å². The molecule has 0 unspecified atom stereocenters. The van der Waals surface area contributed by atoms with E-state index in [1.807, 2.05) is 30.3 Å². The summed E-state index contributed by atoms with van der Waals surface area (Å²) < 4.78 is 4.99. The number of hydrogen-bond acceptors (Lipinski definition) is 2. The van der Waals surface area contributed by atoms with Crippen molar-refractivity contribution in [1.82, 2.24) is 0 Å². The van der Waals surface area contributed by atoms with Gasteiger partial charge in [0.25, 0.3) is 0 Å². The summed E-state index contributed by atoms with van der Waals surface area (Å²) in [5.41, 5.74) is 6.89. The van der Waals surface area contributed by atoms with Crippen molar-refractivity contribution in [2.75, 3.05) is 6.61 Å². The van der Waals surface area contributed by atoms with Crippen LogP contribution < -0.4 is 5.73 Å². The molecule has 64 valence electrons. The fourth-order valence-corrected chi connectivity index (χ4v) is 0.968. The van der Waals surface area contributed by atoms with E-state index in [1.54, 1.807) is 0 Å². The van der Waals surface area contributed by atoms with Gasteiger partial charge in [0.2, 0.25) is 0 Å². The second-order valence-corrected chi connectivity index (χ2v) is 2.52. The standard InChI is InChI=1S/C10H13NO/c1-2-12-8-10(11)9-6-4-3-5-7-9/h2-7,10H,1,8,11H2/t10-/m0/s1. The maximum absolute atomic E-state index is 5.81. The van der Waals surface area contributed by atoms with Gasteiger partial charge in [-0.15, -0.1) is 0 Å². The van der Waals surface area contributed by atoms with Crippen molar-refractivity contribution in [1.29, 1.82) is 0 Å². The Kier molecular flexibility index (Phi) is 3.35. The van der Waals surface area contributed by atoms with E-state index in [9.17, 15) is 0 Å². The summed E-state index contributed by atoms with van der Waals surface area (Å²) in [6, 6.07) is 9.79. The highest BCUT2D eigenvalue weighted by Gasteiger charge is 2.03. The smallest absolute Gasteiger partial charge is 0.107 e. The fraction of sp³-hybridized carbons (Fsp3) is 0.200. The van der Waals surface area contributed by atoms with Crippen molar-refractivity contribution in [2.24, 2.45) is 5.73 Å². The summed E-state index contributed by atoms with van der Waals surface area (Å²) in [6.07, 6.45) is 1.41. The molecule has 0 aliphatic carbocycles. The number of ether oxygens (including phenoxy) is 1. The van der Waals surface area contributed by atoms with Crippen molar-refractivity contribution in [2.45, 2.75) is 6.04 Å². The third-order valence-corrected chi connectivity index (χ3v) is 1.62. The minimum Gasteiger partial charge on any atom is -0.500 e. The zero-order chi connectivity index (χ0) is 8.81. The van der Waals surface area contributed by atoms with Crippen molar-refractivity contribution < 1.29 is 4.74 Å². The summed E-state index contributed by atoms with van der Waals surface area (Å²) in [4.78, 5) is 0. The first-order valence-electron chi connectivity index (χ1n) is 3.87. The van der Waals surface area contributed by atoms with E-state index in [0.717, 1.165) is 5.56 Å². The third-order valence-electron chi connectivity index (χ3n) is 1.62. The van der Waals surface area contributed by atoms with Gasteiger partial charge in [-0.1, -0.05) is 36.9 Å². The molecule has 0 amide bonds. The van der Waals surface area contributed by atoms with E-state index in [1.165, 1.54) is 6.26 Å². The van der Waals surface area contributed by atoms with Crippen LogP contribution in [0.2, 0.25) is 0 Å². The van der Waals surface area contributed by atoms with E-state index in [4.69, 9.17) is 10.5 Å². The highest BCUT2D eigenvalue weighted by molar-refractivity contribution is 5.18. The average Bonchev–Trinajstić information content (AvgIpc) is 2.15. The third kappa shape index (κ3) is 2.40. The summed E-state index contributed by atoms with van der Waals surface area (Å²) >= 11 is 0. The summed E-state index contributed by atoms with van der Waals surface area (Å²) in [7, 11) is 0. The first kappa shape index (κ1) is 8.81. The van der Waals surface area contributed by atoms with E-state index in [2.05, 4.69) is 6.58 Å². The Balaban J connectivity index is 2.53. The van der Waals surface area contributed by atoms with E-state index in [-0.39, 0.29) is 6.04 Å². The molecule has 2 nitrogen and oxygen atoms in total. The zero-order valence-corrected chi connectivity index (χ0v) is 6.94. The molecular weight excluding hydrogens is 150 g/mol. The van der Waals surface area contributed by atoms with Gasteiger partial charge in [-0.25, -0.2) is 0 Å². The Hall–Kier alpha value is -1.28. The van der Waals surface area contributed by atoms with E-state index < -0.39 is 0 Å². The molecule has 12 heavy (non-hydrogen) atoms. The number of rotatable bonds is 4. The topological polar surface area (TPSA) is 35.2 Å². The van der Waals surface area contributed by atoms with Crippen LogP contribution >= 0.6 is 0 Å². The Morgan fingerprint density at radius 3 is 2.67 bits per heavy atom. The van der Waals surface area contributed by atoms with Crippen LogP contribution in [-0.4, -0.2) is 6.61 Å². The van der Waals surface area contributed by atoms with Gasteiger partial charge >= 0.3 is 0 Å². The van der Waals surface area contributed by atoms with Gasteiger partial charge in [0, 0.05) is 0 Å². The molecule has 1 aromatic rings. The molecule has 0 fully saturated rings. The van der Waals surface area contributed by atoms with Crippen molar-refractivity contribution in [3.63, 3.8) is 0 Å². The molecule has 0 aromatic heterocycles. The summed E-state index contributed by atoms with van der Waals surface area (Å²) in [5.74, 6) is 0. The van der Waals surface area contributed by atoms with Crippen LogP contribution in [0.5, 0.6) is 0 Å². The molecule has 0 heterocycles. The number of nitrogens with two attached hydrogens (primary N) is 1. The van der Waals surface area contributed by atoms with Crippen LogP contribution in [0.4, 0.5) is 0 Å². The maximum atomic E-state index is 5.81. The van der Waals surface area contributed by atoms with Crippen LogP contribution in [0.15, 0.2) is 43.2 Å². The predicted molar refractivity (Wildman–Crippen MR) is 49.5 cm³/mol. The maximum Gasteiger partial charge on any atom is 0.107 e. The SMILES string of the molecule is C=COC[C@H](N)c1ccccc1. The number of hydrogen-bond donors (Lipinski definition) is 1. The second-order valence-electron chi connectivity index (χ2n) is 2.52. The summed E-state index contributed by atoms with van der Waals surface area (Å²) in [5, 5.41) is 0. The largest absolute Gasteiger partial charge is 0.500 e. The van der Waals surface area contributed by atoms with Crippen LogP contribution in [0.3, 0.4) is 0 Å². The van der Waals surface area contributed by atoms with Gasteiger partial charge in [-0.2, -0.15) is 0 Å². The van der Waals surface area contributed by atoms with Gasteiger partial charge in [-0.3, -0.25) is 0 Å². The highest BCUT2D eigenvalue weighted by atomic mass is 16.5. The minimum absolute atomic E-state index is 0.0656. The molecular formula is C10H13NO. The van der Waals surface area contributed by atoms with Crippen molar-refractivity contribution in [3.05, 3.63) is 48.7 Å².